The quantitative estimate of drug-likeness (QED) is 0.604. The average molecular weight is 221 g/mol. The minimum Gasteiger partial charge on any atom is -0.372 e. The van der Waals surface area contributed by atoms with Crippen molar-refractivity contribution >= 4 is 5.82 Å². The summed E-state index contributed by atoms with van der Waals surface area (Å²) < 4.78 is 5.84. The van der Waals surface area contributed by atoms with Crippen LogP contribution in [0.4, 0.5) is 5.82 Å². The Morgan fingerprint density at radius 3 is 2.88 bits per heavy atom. The highest BCUT2D eigenvalue weighted by Gasteiger charge is 2.13. The molecule has 1 aromatic heterocycles. The van der Waals surface area contributed by atoms with Crippen LogP contribution in [0.5, 0.6) is 0 Å². The smallest absolute Gasteiger partial charge is 0.140 e. The zero-order chi connectivity index (χ0) is 11.2. The van der Waals surface area contributed by atoms with Crippen molar-refractivity contribution in [2.75, 3.05) is 5.43 Å². The molecule has 1 fully saturated rings. The van der Waals surface area contributed by atoms with Crippen LogP contribution < -0.4 is 11.3 Å². The predicted octanol–water partition coefficient (Wildman–Crippen LogP) is 2.22. The molecule has 0 unspecified atom stereocenters. The summed E-state index contributed by atoms with van der Waals surface area (Å²) in [5.74, 6) is 5.99. The molecule has 1 aliphatic carbocycles. The lowest BCUT2D eigenvalue weighted by Gasteiger charge is -2.21. The molecule has 3 N–H and O–H groups in total. The summed E-state index contributed by atoms with van der Waals surface area (Å²) in [5.41, 5.74) is 3.47. The number of nitrogen functional groups attached to an aromatic ring is 1. The summed E-state index contributed by atoms with van der Waals surface area (Å²) in [6.07, 6.45) is 6.74. The largest absolute Gasteiger partial charge is 0.372 e. The van der Waals surface area contributed by atoms with Crippen molar-refractivity contribution in [2.45, 2.75) is 44.8 Å². The van der Waals surface area contributed by atoms with Gasteiger partial charge in [-0.1, -0.05) is 25.3 Å². The first-order valence-corrected chi connectivity index (χ1v) is 5.92. The third kappa shape index (κ3) is 3.18. The number of rotatable bonds is 4. The number of hydrogen-bond acceptors (Lipinski definition) is 4. The predicted molar refractivity (Wildman–Crippen MR) is 63.7 cm³/mol. The number of pyridine rings is 1. The van der Waals surface area contributed by atoms with Crippen molar-refractivity contribution in [3.63, 3.8) is 0 Å². The van der Waals surface area contributed by atoms with Crippen LogP contribution in [-0.2, 0) is 11.3 Å². The van der Waals surface area contributed by atoms with Gasteiger partial charge in [-0.2, -0.15) is 0 Å². The van der Waals surface area contributed by atoms with Crippen LogP contribution in [0.25, 0.3) is 0 Å². The number of aromatic nitrogens is 1. The lowest BCUT2D eigenvalue weighted by molar-refractivity contribution is 0.0153. The van der Waals surface area contributed by atoms with Crippen molar-refractivity contribution in [1.29, 1.82) is 0 Å². The number of nitrogens with one attached hydrogen (secondary N) is 1. The Bertz CT molecular complexity index is 324. The van der Waals surface area contributed by atoms with E-state index in [9.17, 15) is 0 Å². The highest BCUT2D eigenvalue weighted by atomic mass is 16.5. The molecule has 1 aliphatic rings. The molecule has 0 aromatic carbocycles. The topological polar surface area (TPSA) is 60.2 Å². The maximum atomic E-state index is 5.84. The molecule has 0 aliphatic heterocycles. The Morgan fingerprint density at radius 1 is 1.31 bits per heavy atom. The molecular weight excluding hydrogens is 202 g/mol. The molecule has 88 valence electrons. The van der Waals surface area contributed by atoms with E-state index in [1.807, 2.05) is 18.2 Å². The Hall–Kier alpha value is -1.13. The van der Waals surface area contributed by atoms with Gasteiger partial charge in [-0.15, -0.1) is 0 Å². The molecule has 4 heteroatoms. The van der Waals surface area contributed by atoms with Crippen LogP contribution in [-0.4, -0.2) is 11.1 Å². The molecule has 1 aromatic rings. The van der Waals surface area contributed by atoms with Crippen LogP contribution in [0.3, 0.4) is 0 Å². The van der Waals surface area contributed by atoms with Crippen molar-refractivity contribution in [2.24, 2.45) is 5.84 Å². The Balaban J connectivity index is 1.83. The van der Waals surface area contributed by atoms with Gasteiger partial charge in [-0.3, -0.25) is 0 Å². The first-order valence-electron chi connectivity index (χ1n) is 5.92. The molecule has 0 spiro atoms. The monoisotopic (exact) mass is 221 g/mol. The number of hydrogen-bond donors (Lipinski definition) is 2. The van der Waals surface area contributed by atoms with Gasteiger partial charge < -0.3 is 10.2 Å². The van der Waals surface area contributed by atoms with Crippen molar-refractivity contribution in [3.05, 3.63) is 23.9 Å². The molecular formula is C12H19N3O. The van der Waals surface area contributed by atoms with Crippen LogP contribution in [0.15, 0.2) is 18.2 Å². The van der Waals surface area contributed by atoms with E-state index in [0.29, 0.717) is 18.5 Å². The normalized spacial score (nSPS) is 17.3. The van der Waals surface area contributed by atoms with E-state index >= 15 is 0 Å². The summed E-state index contributed by atoms with van der Waals surface area (Å²) in [5, 5.41) is 0. The fraction of sp³-hybridized carbons (Fsp3) is 0.583. The second-order valence-electron chi connectivity index (χ2n) is 4.23. The summed E-state index contributed by atoms with van der Waals surface area (Å²) in [6.45, 7) is 0.584. The standard InChI is InChI=1S/C12H19N3O/c13-15-12-8-4-5-10(14-12)9-16-11-6-2-1-3-7-11/h4-5,8,11H,1-3,6-7,9,13H2,(H,14,15). The van der Waals surface area contributed by atoms with E-state index in [-0.39, 0.29) is 0 Å². The third-order valence-electron chi connectivity index (χ3n) is 2.97. The van der Waals surface area contributed by atoms with Crippen LogP contribution in [0, 0.1) is 0 Å². The van der Waals surface area contributed by atoms with Gasteiger partial charge in [0, 0.05) is 0 Å². The van der Waals surface area contributed by atoms with Crippen LogP contribution >= 0.6 is 0 Å². The average Bonchev–Trinajstić information content (AvgIpc) is 2.38. The molecule has 2 rings (SSSR count). The van der Waals surface area contributed by atoms with E-state index in [1.165, 1.54) is 32.1 Å². The van der Waals surface area contributed by atoms with E-state index in [1.54, 1.807) is 0 Å². The van der Waals surface area contributed by atoms with Gasteiger partial charge in [0.05, 0.1) is 18.4 Å². The summed E-state index contributed by atoms with van der Waals surface area (Å²) in [4.78, 5) is 4.31. The van der Waals surface area contributed by atoms with Crippen LogP contribution in [0.2, 0.25) is 0 Å². The molecule has 0 amide bonds. The van der Waals surface area contributed by atoms with Crippen molar-refractivity contribution in [3.8, 4) is 0 Å². The zero-order valence-electron chi connectivity index (χ0n) is 9.48. The highest BCUT2D eigenvalue weighted by Crippen LogP contribution is 2.21. The second-order valence-corrected chi connectivity index (χ2v) is 4.23. The molecule has 0 radical (unpaired) electrons. The third-order valence-corrected chi connectivity index (χ3v) is 2.97. The fourth-order valence-electron chi connectivity index (χ4n) is 2.08. The number of nitrogens with zero attached hydrogens (tertiary/aromatic N) is 1. The maximum absolute atomic E-state index is 5.84. The van der Waals surface area contributed by atoms with Gasteiger partial charge in [0.15, 0.2) is 0 Å². The van der Waals surface area contributed by atoms with Gasteiger partial charge in [0.2, 0.25) is 0 Å². The number of ether oxygens (including phenoxy) is 1. The Labute approximate surface area is 96.2 Å². The fourth-order valence-corrected chi connectivity index (χ4v) is 2.08. The number of anilines is 1. The van der Waals surface area contributed by atoms with Gasteiger partial charge in [-0.05, 0) is 25.0 Å². The molecule has 4 nitrogen and oxygen atoms in total. The first-order chi connectivity index (χ1) is 7.88. The lowest BCUT2D eigenvalue weighted by Crippen LogP contribution is -2.17. The lowest BCUT2D eigenvalue weighted by atomic mass is 9.98. The first kappa shape index (κ1) is 11.4. The highest BCUT2D eigenvalue weighted by molar-refractivity contribution is 5.33. The molecule has 0 saturated heterocycles. The van der Waals surface area contributed by atoms with Gasteiger partial charge in [0.25, 0.3) is 0 Å². The molecule has 0 bridgehead atoms. The molecule has 16 heavy (non-hydrogen) atoms. The van der Waals surface area contributed by atoms with E-state index < -0.39 is 0 Å². The molecule has 1 saturated carbocycles. The van der Waals surface area contributed by atoms with Gasteiger partial charge in [-0.25, -0.2) is 10.8 Å². The van der Waals surface area contributed by atoms with Gasteiger partial charge >= 0.3 is 0 Å². The van der Waals surface area contributed by atoms with Crippen molar-refractivity contribution in [1.82, 2.24) is 4.98 Å². The SMILES string of the molecule is NNc1cccc(COC2CCCCC2)n1. The minimum atomic E-state index is 0.421. The summed E-state index contributed by atoms with van der Waals surface area (Å²) in [6, 6.07) is 5.73. The summed E-state index contributed by atoms with van der Waals surface area (Å²) in [7, 11) is 0. The molecule has 1 heterocycles. The number of hydrazine groups is 1. The number of nitrogens with two attached hydrogens (primary N) is 1. The van der Waals surface area contributed by atoms with E-state index in [0.717, 1.165) is 5.69 Å². The Kier molecular flexibility index (Phi) is 4.13. The Morgan fingerprint density at radius 2 is 2.12 bits per heavy atom. The molecule has 0 atom stereocenters. The van der Waals surface area contributed by atoms with Crippen molar-refractivity contribution < 1.29 is 4.74 Å². The van der Waals surface area contributed by atoms with E-state index in [2.05, 4.69) is 10.4 Å². The van der Waals surface area contributed by atoms with E-state index in [4.69, 9.17) is 10.6 Å². The second kappa shape index (κ2) is 5.82. The summed E-state index contributed by atoms with van der Waals surface area (Å²) >= 11 is 0. The van der Waals surface area contributed by atoms with Gasteiger partial charge in [0.1, 0.15) is 5.82 Å². The minimum absolute atomic E-state index is 0.421. The zero-order valence-corrected chi connectivity index (χ0v) is 9.48. The maximum Gasteiger partial charge on any atom is 0.140 e. The van der Waals surface area contributed by atoms with Crippen LogP contribution in [0.1, 0.15) is 37.8 Å².